The molecule has 6 heteroatoms. The predicted octanol–water partition coefficient (Wildman–Crippen LogP) is 3.01. The molecule has 0 saturated heterocycles. The van der Waals surface area contributed by atoms with E-state index in [0.29, 0.717) is 24.9 Å². The van der Waals surface area contributed by atoms with Crippen molar-refractivity contribution in [2.24, 2.45) is 0 Å². The lowest BCUT2D eigenvalue weighted by atomic mass is 10.1. The fraction of sp³-hybridized carbons (Fsp3) is 0.368. The number of hydrogen-bond acceptors (Lipinski definition) is 3. The van der Waals surface area contributed by atoms with Crippen LogP contribution in [-0.2, 0) is 24.1 Å². The number of amides is 1. The largest absolute Gasteiger partial charge is 0.370 e. The Morgan fingerprint density at radius 1 is 1.16 bits per heavy atom. The second kappa shape index (κ2) is 8.05. The van der Waals surface area contributed by atoms with Gasteiger partial charge in [-0.1, -0.05) is 12.1 Å². The summed E-state index contributed by atoms with van der Waals surface area (Å²) in [7, 11) is 0. The van der Waals surface area contributed by atoms with E-state index in [9.17, 15) is 13.6 Å². The van der Waals surface area contributed by atoms with Crippen LogP contribution in [0.15, 0.2) is 30.3 Å². The molecule has 0 fully saturated rings. The number of nitrogens with zero attached hydrogens (tertiary/aromatic N) is 1. The maximum Gasteiger partial charge on any atom is 0.220 e. The van der Waals surface area contributed by atoms with Crippen LogP contribution in [-0.4, -0.2) is 24.0 Å². The molecule has 1 aromatic heterocycles. The first kappa shape index (κ1) is 17.3. The van der Waals surface area contributed by atoms with Gasteiger partial charge in [-0.15, -0.1) is 0 Å². The van der Waals surface area contributed by atoms with Gasteiger partial charge < -0.3 is 10.6 Å². The second-order valence-corrected chi connectivity index (χ2v) is 6.19. The van der Waals surface area contributed by atoms with E-state index in [0.717, 1.165) is 43.0 Å². The number of aromatic nitrogens is 1. The van der Waals surface area contributed by atoms with Crippen LogP contribution in [0.5, 0.6) is 0 Å². The lowest BCUT2D eigenvalue weighted by Crippen LogP contribution is -2.26. The first-order chi connectivity index (χ1) is 12.1. The van der Waals surface area contributed by atoms with E-state index < -0.39 is 11.6 Å². The summed E-state index contributed by atoms with van der Waals surface area (Å²) in [6, 6.07) is 7.80. The highest BCUT2D eigenvalue weighted by atomic mass is 19.2. The quantitative estimate of drug-likeness (QED) is 0.846. The Kier molecular flexibility index (Phi) is 5.58. The van der Waals surface area contributed by atoms with E-state index >= 15 is 0 Å². The Bertz CT molecular complexity index is 764. The van der Waals surface area contributed by atoms with Gasteiger partial charge in [0.25, 0.3) is 0 Å². The Morgan fingerprint density at radius 2 is 2.04 bits per heavy atom. The third-order valence-corrected chi connectivity index (χ3v) is 4.28. The van der Waals surface area contributed by atoms with E-state index in [1.807, 2.05) is 6.07 Å². The monoisotopic (exact) mass is 345 g/mol. The molecule has 2 heterocycles. The average Bonchev–Trinajstić information content (AvgIpc) is 2.62. The number of pyridine rings is 1. The van der Waals surface area contributed by atoms with Crippen molar-refractivity contribution in [2.45, 2.75) is 32.1 Å². The van der Waals surface area contributed by atoms with Crippen LogP contribution < -0.4 is 10.6 Å². The van der Waals surface area contributed by atoms with Crippen molar-refractivity contribution in [2.75, 3.05) is 18.4 Å². The first-order valence-electron chi connectivity index (χ1n) is 8.55. The number of nitrogens with one attached hydrogen (secondary N) is 2. The van der Waals surface area contributed by atoms with Gasteiger partial charge in [-0.25, -0.2) is 13.8 Å². The van der Waals surface area contributed by atoms with Gasteiger partial charge in [-0.05, 0) is 48.6 Å². The average molecular weight is 345 g/mol. The van der Waals surface area contributed by atoms with Crippen LogP contribution in [0.2, 0.25) is 0 Å². The SMILES string of the molecule is O=C(CCc1ccc(F)c(F)c1)NCCc1ccc2c(n1)NCCC2. The highest BCUT2D eigenvalue weighted by molar-refractivity contribution is 5.76. The topological polar surface area (TPSA) is 54.0 Å². The Morgan fingerprint density at radius 3 is 2.88 bits per heavy atom. The van der Waals surface area contributed by atoms with E-state index in [1.54, 1.807) is 0 Å². The van der Waals surface area contributed by atoms with Gasteiger partial charge in [-0.2, -0.15) is 0 Å². The van der Waals surface area contributed by atoms with E-state index in [-0.39, 0.29) is 12.3 Å². The summed E-state index contributed by atoms with van der Waals surface area (Å²) >= 11 is 0. The number of rotatable bonds is 6. The highest BCUT2D eigenvalue weighted by Gasteiger charge is 2.10. The summed E-state index contributed by atoms with van der Waals surface area (Å²) in [6.45, 7) is 1.45. The molecular weight excluding hydrogens is 324 g/mol. The molecule has 0 saturated carbocycles. The van der Waals surface area contributed by atoms with Crippen molar-refractivity contribution in [1.29, 1.82) is 0 Å². The van der Waals surface area contributed by atoms with E-state index in [4.69, 9.17) is 0 Å². The van der Waals surface area contributed by atoms with Crippen molar-refractivity contribution in [3.05, 3.63) is 58.8 Å². The first-order valence-corrected chi connectivity index (χ1v) is 8.55. The molecule has 25 heavy (non-hydrogen) atoms. The fourth-order valence-electron chi connectivity index (χ4n) is 2.88. The number of carbonyl (C=O) groups excluding carboxylic acids is 1. The zero-order valence-corrected chi connectivity index (χ0v) is 13.9. The number of anilines is 1. The van der Waals surface area contributed by atoms with Gasteiger partial charge >= 0.3 is 0 Å². The van der Waals surface area contributed by atoms with Crippen LogP contribution in [0, 0.1) is 11.6 Å². The van der Waals surface area contributed by atoms with Crippen LogP contribution in [0.3, 0.4) is 0 Å². The van der Waals surface area contributed by atoms with Gasteiger partial charge in [0, 0.05) is 31.6 Å². The Balaban J connectivity index is 1.42. The zero-order valence-electron chi connectivity index (χ0n) is 13.9. The van der Waals surface area contributed by atoms with Gasteiger partial charge in [0.05, 0.1) is 0 Å². The molecule has 0 spiro atoms. The van der Waals surface area contributed by atoms with Crippen molar-refractivity contribution in [3.63, 3.8) is 0 Å². The maximum absolute atomic E-state index is 13.1. The maximum atomic E-state index is 13.1. The number of benzene rings is 1. The Labute approximate surface area is 145 Å². The molecule has 0 unspecified atom stereocenters. The summed E-state index contributed by atoms with van der Waals surface area (Å²) in [5, 5.41) is 6.13. The molecule has 0 aliphatic carbocycles. The molecule has 1 aliphatic heterocycles. The van der Waals surface area contributed by atoms with E-state index in [1.165, 1.54) is 11.6 Å². The third kappa shape index (κ3) is 4.75. The molecule has 0 atom stereocenters. The minimum Gasteiger partial charge on any atom is -0.370 e. The molecular formula is C19H21F2N3O. The summed E-state index contributed by atoms with van der Waals surface area (Å²) in [6.07, 6.45) is 3.46. The van der Waals surface area contributed by atoms with E-state index in [2.05, 4.69) is 21.7 Å². The predicted molar refractivity (Wildman–Crippen MR) is 92.4 cm³/mol. The molecule has 2 N–H and O–H groups in total. The van der Waals surface area contributed by atoms with Gasteiger partial charge in [0.2, 0.25) is 5.91 Å². The van der Waals surface area contributed by atoms with Crippen LogP contribution >= 0.6 is 0 Å². The van der Waals surface area contributed by atoms with Crippen LogP contribution in [0.4, 0.5) is 14.6 Å². The van der Waals surface area contributed by atoms with Crippen molar-refractivity contribution >= 4 is 11.7 Å². The fourth-order valence-corrected chi connectivity index (χ4v) is 2.88. The standard InChI is InChI=1S/C19H21F2N3O/c20-16-7-3-13(12-17(16)21)4-8-18(25)22-11-9-15-6-5-14-2-1-10-23-19(14)24-15/h3,5-7,12H,1-2,4,8-11H2,(H,22,25)(H,23,24). The lowest BCUT2D eigenvalue weighted by molar-refractivity contribution is -0.121. The third-order valence-electron chi connectivity index (χ3n) is 4.28. The van der Waals surface area contributed by atoms with Gasteiger partial charge in [0.15, 0.2) is 11.6 Å². The number of aryl methyl sites for hydroxylation is 2. The smallest absolute Gasteiger partial charge is 0.220 e. The van der Waals surface area contributed by atoms with Crippen LogP contribution in [0.1, 0.15) is 29.7 Å². The minimum atomic E-state index is -0.884. The molecule has 0 bridgehead atoms. The molecule has 3 rings (SSSR count). The minimum absolute atomic E-state index is 0.110. The van der Waals surface area contributed by atoms with Crippen molar-refractivity contribution in [1.82, 2.24) is 10.3 Å². The van der Waals surface area contributed by atoms with Gasteiger partial charge in [0.1, 0.15) is 5.82 Å². The number of fused-ring (bicyclic) bond motifs is 1. The molecule has 132 valence electrons. The van der Waals surface area contributed by atoms with Crippen LogP contribution in [0.25, 0.3) is 0 Å². The summed E-state index contributed by atoms with van der Waals surface area (Å²) in [4.78, 5) is 16.5. The normalized spacial score (nSPS) is 13.0. The molecule has 1 aliphatic rings. The zero-order chi connectivity index (χ0) is 17.6. The molecule has 1 aromatic carbocycles. The molecule has 2 aromatic rings. The van der Waals surface area contributed by atoms with Crippen molar-refractivity contribution < 1.29 is 13.6 Å². The van der Waals surface area contributed by atoms with Crippen molar-refractivity contribution in [3.8, 4) is 0 Å². The number of hydrogen-bond donors (Lipinski definition) is 2. The lowest BCUT2D eigenvalue weighted by Gasteiger charge is -2.17. The molecule has 0 radical (unpaired) electrons. The second-order valence-electron chi connectivity index (χ2n) is 6.19. The summed E-state index contributed by atoms with van der Waals surface area (Å²) < 4.78 is 26.0. The highest BCUT2D eigenvalue weighted by Crippen LogP contribution is 2.19. The summed E-state index contributed by atoms with van der Waals surface area (Å²) in [5.74, 6) is -0.917. The summed E-state index contributed by atoms with van der Waals surface area (Å²) in [5.41, 5.74) is 2.79. The molecule has 1 amide bonds. The molecule has 4 nitrogen and oxygen atoms in total. The Hall–Kier alpha value is -2.50. The number of carbonyl (C=O) groups is 1. The number of halogens is 2. The van der Waals surface area contributed by atoms with Gasteiger partial charge in [-0.3, -0.25) is 4.79 Å².